The van der Waals surface area contributed by atoms with Crippen LogP contribution in [0.2, 0.25) is 0 Å². The number of carbonyl (C=O) groups is 1. The molecule has 0 radical (unpaired) electrons. The Bertz CT molecular complexity index is 764. The summed E-state index contributed by atoms with van der Waals surface area (Å²) in [6, 6.07) is 5.72. The van der Waals surface area contributed by atoms with Crippen LogP contribution < -0.4 is 5.32 Å². The minimum Gasteiger partial charge on any atom is -0.507 e. The van der Waals surface area contributed by atoms with E-state index in [4.69, 9.17) is 4.74 Å². The van der Waals surface area contributed by atoms with Gasteiger partial charge in [0.2, 0.25) is 0 Å². The van der Waals surface area contributed by atoms with Crippen LogP contribution in [0, 0.1) is 11.3 Å². The van der Waals surface area contributed by atoms with Gasteiger partial charge in [-0.25, -0.2) is 0 Å². The van der Waals surface area contributed by atoms with Crippen LogP contribution in [-0.4, -0.2) is 30.3 Å². The molecule has 5 nitrogen and oxygen atoms in total. The number of hydrogen-bond donors (Lipinski definition) is 2. The first kappa shape index (κ1) is 22.0. The van der Waals surface area contributed by atoms with Crippen molar-refractivity contribution in [3.05, 3.63) is 34.4 Å². The lowest BCUT2D eigenvalue weighted by molar-refractivity contribution is -0.117. The lowest BCUT2D eigenvalue weighted by atomic mass is 9.78. The number of phenolic OH excluding ortho intramolecular Hbond substituents is 1. The van der Waals surface area contributed by atoms with E-state index in [-0.39, 0.29) is 28.3 Å². The first-order valence-corrected chi connectivity index (χ1v) is 9.83. The van der Waals surface area contributed by atoms with Crippen LogP contribution in [0.3, 0.4) is 0 Å². The van der Waals surface area contributed by atoms with Crippen molar-refractivity contribution in [1.82, 2.24) is 5.32 Å². The number of benzene rings is 1. The highest BCUT2D eigenvalue weighted by Gasteiger charge is 2.26. The number of amides is 1. The third-order valence-corrected chi connectivity index (χ3v) is 4.94. The van der Waals surface area contributed by atoms with Crippen LogP contribution in [0.25, 0.3) is 6.08 Å². The molecule has 0 bridgehead atoms. The number of hydrogen-bond acceptors (Lipinski definition) is 4. The Kier molecular flexibility index (Phi) is 6.56. The zero-order chi connectivity index (χ0) is 21.1. The smallest absolute Gasteiger partial charge is 0.262 e. The summed E-state index contributed by atoms with van der Waals surface area (Å²) in [5, 5.41) is 23.1. The van der Waals surface area contributed by atoms with Gasteiger partial charge in [0, 0.05) is 24.3 Å². The summed E-state index contributed by atoms with van der Waals surface area (Å²) in [6.45, 7) is 13.3. The summed E-state index contributed by atoms with van der Waals surface area (Å²) < 4.78 is 5.51. The number of nitriles is 1. The van der Waals surface area contributed by atoms with Crippen molar-refractivity contribution in [3.8, 4) is 11.8 Å². The molecule has 2 rings (SSSR count). The van der Waals surface area contributed by atoms with Gasteiger partial charge in [-0.05, 0) is 47.4 Å². The summed E-state index contributed by atoms with van der Waals surface area (Å²) >= 11 is 0. The highest BCUT2D eigenvalue weighted by Crippen LogP contribution is 2.40. The Morgan fingerprint density at radius 1 is 1.25 bits per heavy atom. The topological polar surface area (TPSA) is 82.4 Å². The fourth-order valence-electron chi connectivity index (χ4n) is 3.31. The van der Waals surface area contributed by atoms with E-state index < -0.39 is 5.91 Å². The molecule has 0 aromatic heterocycles. The number of rotatable bonds is 4. The summed E-state index contributed by atoms with van der Waals surface area (Å²) in [5.74, 6) is -0.126. The molecule has 5 heteroatoms. The Hall–Kier alpha value is -2.32. The Morgan fingerprint density at radius 2 is 1.82 bits per heavy atom. The average molecular weight is 385 g/mol. The summed E-state index contributed by atoms with van der Waals surface area (Å²) in [4.78, 5) is 12.5. The molecule has 1 atom stereocenters. The summed E-state index contributed by atoms with van der Waals surface area (Å²) in [6.07, 6.45) is 3.54. The highest BCUT2D eigenvalue weighted by atomic mass is 16.5. The van der Waals surface area contributed by atoms with Crippen molar-refractivity contribution in [1.29, 1.82) is 5.26 Å². The highest BCUT2D eigenvalue weighted by molar-refractivity contribution is 6.01. The molecular weight excluding hydrogens is 352 g/mol. The van der Waals surface area contributed by atoms with Gasteiger partial charge in [0.1, 0.15) is 17.4 Å². The molecule has 1 saturated heterocycles. The van der Waals surface area contributed by atoms with E-state index in [1.54, 1.807) is 6.08 Å². The van der Waals surface area contributed by atoms with Crippen LogP contribution in [0.4, 0.5) is 0 Å². The monoisotopic (exact) mass is 384 g/mol. The molecule has 152 valence electrons. The van der Waals surface area contributed by atoms with Crippen molar-refractivity contribution in [3.63, 3.8) is 0 Å². The average Bonchev–Trinajstić information content (AvgIpc) is 3.10. The largest absolute Gasteiger partial charge is 0.507 e. The van der Waals surface area contributed by atoms with Crippen molar-refractivity contribution in [2.75, 3.05) is 13.2 Å². The van der Waals surface area contributed by atoms with Crippen molar-refractivity contribution < 1.29 is 14.6 Å². The van der Waals surface area contributed by atoms with Gasteiger partial charge in [-0.2, -0.15) is 5.26 Å². The zero-order valence-electron chi connectivity index (χ0n) is 17.8. The maximum Gasteiger partial charge on any atom is 0.262 e. The number of nitrogens with zero attached hydrogens (tertiary/aromatic N) is 1. The summed E-state index contributed by atoms with van der Waals surface area (Å²) in [7, 11) is 0. The number of nitrogens with one attached hydrogen (secondary N) is 1. The zero-order valence-corrected chi connectivity index (χ0v) is 17.8. The number of carbonyl (C=O) groups excluding carboxylic acids is 1. The third kappa shape index (κ3) is 5.36. The fraction of sp³-hybridized carbons (Fsp3) is 0.565. The predicted molar refractivity (Wildman–Crippen MR) is 111 cm³/mol. The van der Waals surface area contributed by atoms with Crippen LogP contribution in [-0.2, 0) is 20.4 Å². The van der Waals surface area contributed by atoms with Crippen molar-refractivity contribution in [2.45, 2.75) is 71.3 Å². The molecule has 2 N–H and O–H groups in total. The molecule has 28 heavy (non-hydrogen) atoms. The van der Waals surface area contributed by atoms with Crippen molar-refractivity contribution >= 4 is 12.0 Å². The molecule has 1 aliphatic heterocycles. The van der Waals surface area contributed by atoms with Gasteiger partial charge in [-0.1, -0.05) is 41.5 Å². The number of aromatic hydroxyl groups is 1. The van der Waals surface area contributed by atoms with Crippen LogP contribution in [0.1, 0.15) is 71.1 Å². The quantitative estimate of drug-likeness (QED) is 0.602. The number of ether oxygens (including phenoxy) is 1. The van der Waals surface area contributed by atoms with E-state index in [0.29, 0.717) is 6.54 Å². The van der Waals surface area contributed by atoms with E-state index >= 15 is 0 Å². The molecule has 1 fully saturated rings. The van der Waals surface area contributed by atoms with Gasteiger partial charge < -0.3 is 15.2 Å². The molecule has 1 heterocycles. The first-order valence-electron chi connectivity index (χ1n) is 9.83. The molecule has 1 amide bonds. The molecule has 0 aliphatic carbocycles. The van der Waals surface area contributed by atoms with Gasteiger partial charge in [0.25, 0.3) is 5.91 Å². The molecule has 1 aromatic rings. The second-order valence-corrected chi connectivity index (χ2v) is 9.48. The van der Waals surface area contributed by atoms with E-state index in [2.05, 4.69) is 5.32 Å². The molecule has 0 saturated carbocycles. The van der Waals surface area contributed by atoms with E-state index in [1.807, 2.05) is 59.7 Å². The minimum absolute atomic E-state index is 0.0255. The van der Waals surface area contributed by atoms with Gasteiger partial charge in [0.05, 0.1) is 6.10 Å². The van der Waals surface area contributed by atoms with E-state index in [0.717, 1.165) is 36.1 Å². The molecule has 0 spiro atoms. The van der Waals surface area contributed by atoms with E-state index in [9.17, 15) is 15.2 Å². The third-order valence-electron chi connectivity index (χ3n) is 4.94. The predicted octanol–water partition coefficient (Wildman–Crippen LogP) is 4.19. The molecule has 0 unspecified atom stereocenters. The Morgan fingerprint density at radius 3 is 2.25 bits per heavy atom. The second-order valence-electron chi connectivity index (χ2n) is 9.48. The van der Waals surface area contributed by atoms with Gasteiger partial charge >= 0.3 is 0 Å². The Balaban J connectivity index is 2.38. The first-order chi connectivity index (χ1) is 12.9. The van der Waals surface area contributed by atoms with Gasteiger partial charge in [-0.3, -0.25) is 4.79 Å². The van der Waals surface area contributed by atoms with Crippen LogP contribution >= 0.6 is 0 Å². The lowest BCUT2D eigenvalue weighted by Crippen LogP contribution is -2.32. The fourth-order valence-corrected chi connectivity index (χ4v) is 3.31. The van der Waals surface area contributed by atoms with E-state index in [1.165, 1.54) is 0 Å². The SMILES string of the molecule is CC(C)(C)c1cc(/C=C(\C#N)C(=O)NC[C@H]2CCCO2)cc(C(C)(C)C)c1O. The molecule has 1 aliphatic rings. The maximum absolute atomic E-state index is 12.5. The summed E-state index contributed by atoms with van der Waals surface area (Å²) in [5.41, 5.74) is 1.82. The lowest BCUT2D eigenvalue weighted by Gasteiger charge is -2.28. The van der Waals surface area contributed by atoms with Crippen molar-refractivity contribution in [2.24, 2.45) is 0 Å². The second kappa shape index (κ2) is 8.36. The Labute approximate surface area is 168 Å². The maximum atomic E-state index is 12.5. The van der Waals surface area contributed by atoms with Gasteiger partial charge in [0.15, 0.2) is 0 Å². The van der Waals surface area contributed by atoms with Crippen LogP contribution in [0.15, 0.2) is 17.7 Å². The number of phenols is 1. The van der Waals surface area contributed by atoms with Crippen LogP contribution in [0.5, 0.6) is 5.75 Å². The molecule has 1 aromatic carbocycles. The molecular formula is C23H32N2O3. The minimum atomic E-state index is -0.402. The standard InChI is InChI=1S/C23H32N2O3/c1-22(2,3)18-11-15(12-19(20(18)26)23(4,5)6)10-16(13-24)21(27)25-14-17-8-7-9-28-17/h10-12,17,26H,7-9,14H2,1-6H3,(H,25,27)/b16-10+/t17-/m1/s1. The van der Waals surface area contributed by atoms with Gasteiger partial charge in [-0.15, -0.1) is 0 Å². The normalized spacial score (nSPS) is 18.0.